The maximum absolute atomic E-state index is 12.5. The van der Waals surface area contributed by atoms with E-state index in [1.165, 1.54) is 4.80 Å². The minimum Gasteiger partial charge on any atom is -0.339 e. The third-order valence-corrected chi connectivity index (χ3v) is 3.44. The van der Waals surface area contributed by atoms with Crippen LogP contribution in [0.4, 0.5) is 0 Å². The average molecular weight is 327 g/mol. The molecule has 24 heavy (non-hydrogen) atoms. The summed E-state index contributed by atoms with van der Waals surface area (Å²) in [5.74, 6) is 1.44. The summed E-state index contributed by atoms with van der Waals surface area (Å²) in [6.07, 6.45) is 0.669. The SMILES string of the molecule is CCc1nc(CN(C)C(=O)c2ccc(-c3nnn(C)n3)cc2)no1. The van der Waals surface area contributed by atoms with E-state index in [9.17, 15) is 4.79 Å². The molecule has 0 aliphatic rings. The van der Waals surface area contributed by atoms with Crippen LogP contribution in [0.15, 0.2) is 28.8 Å². The van der Waals surface area contributed by atoms with Crippen LogP contribution in [0.5, 0.6) is 0 Å². The molecule has 3 aromatic rings. The number of rotatable bonds is 5. The molecule has 124 valence electrons. The molecule has 0 saturated heterocycles. The fraction of sp³-hybridized carbons (Fsp3) is 0.333. The Morgan fingerprint density at radius 2 is 2.04 bits per heavy atom. The third kappa shape index (κ3) is 3.29. The van der Waals surface area contributed by atoms with Crippen LogP contribution in [0.3, 0.4) is 0 Å². The van der Waals surface area contributed by atoms with E-state index in [2.05, 4.69) is 25.6 Å². The van der Waals surface area contributed by atoms with E-state index in [0.29, 0.717) is 29.5 Å². The van der Waals surface area contributed by atoms with Crippen molar-refractivity contribution in [2.75, 3.05) is 7.05 Å². The van der Waals surface area contributed by atoms with Crippen LogP contribution >= 0.6 is 0 Å². The Hall–Kier alpha value is -3.10. The number of nitrogens with zero attached hydrogens (tertiary/aromatic N) is 7. The van der Waals surface area contributed by atoms with Crippen LogP contribution in [0.1, 0.15) is 29.0 Å². The van der Waals surface area contributed by atoms with Gasteiger partial charge in [-0.15, -0.1) is 10.2 Å². The first kappa shape index (κ1) is 15.8. The maximum atomic E-state index is 12.5. The van der Waals surface area contributed by atoms with E-state index in [4.69, 9.17) is 4.52 Å². The lowest BCUT2D eigenvalue weighted by molar-refractivity contribution is 0.0780. The van der Waals surface area contributed by atoms with Gasteiger partial charge in [-0.1, -0.05) is 24.2 Å². The molecule has 3 rings (SSSR count). The highest BCUT2D eigenvalue weighted by atomic mass is 16.5. The minimum atomic E-state index is -0.128. The molecule has 0 aliphatic heterocycles. The van der Waals surface area contributed by atoms with Crippen molar-refractivity contribution >= 4 is 5.91 Å². The molecule has 0 spiro atoms. The second kappa shape index (κ2) is 6.57. The summed E-state index contributed by atoms with van der Waals surface area (Å²) in [6, 6.07) is 7.06. The zero-order valence-corrected chi connectivity index (χ0v) is 13.7. The number of tetrazole rings is 1. The van der Waals surface area contributed by atoms with E-state index in [-0.39, 0.29) is 12.5 Å². The lowest BCUT2D eigenvalue weighted by atomic mass is 10.1. The highest BCUT2D eigenvalue weighted by Crippen LogP contribution is 2.15. The van der Waals surface area contributed by atoms with Gasteiger partial charge in [0.1, 0.15) is 0 Å². The van der Waals surface area contributed by atoms with Crippen LogP contribution in [0.2, 0.25) is 0 Å². The molecular weight excluding hydrogens is 310 g/mol. The second-order valence-electron chi connectivity index (χ2n) is 5.30. The Morgan fingerprint density at radius 3 is 2.62 bits per heavy atom. The highest BCUT2D eigenvalue weighted by molar-refractivity contribution is 5.94. The van der Waals surface area contributed by atoms with Crippen molar-refractivity contribution < 1.29 is 9.32 Å². The molecule has 0 atom stereocenters. The van der Waals surface area contributed by atoms with Gasteiger partial charge < -0.3 is 9.42 Å². The Kier molecular flexibility index (Phi) is 4.32. The molecule has 1 aromatic carbocycles. The van der Waals surface area contributed by atoms with Crippen molar-refractivity contribution in [3.05, 3.63) is 41.5 Å². The van der Waals surface area contributed by atoms with E-state index in [1.807, 2.05) is 6.92 Å². The van der Waals surface area contributed by atoms with Gasteiger partial charge in [-0.3, -0.25) is 4.79 Å². The van der Waals surface area contributed by atoms with Crippen LogP contribution in [0.25, 0.3) is 11.4 Å². The van der Waals surface area contributed by atoms with Crippen molar-refractivity contribution in [1.82, 2.24) is 35.2 Å². The number of carbonyl (C=O) groups excluding carboxylic acids is 1. The van der Waals surface area contributed by atoms with Crippen molar-refractivity contribution in [3.63, 3.8) is 0 Å². The number of carbonyl (C=O) groups is 1. The van der Waals surface area contributed by atoms with Gasteiger partial charge in [0, 0.05) is 24.6 Å². The number of aromatic nitrogens is 6. The average Bonchev–Trinajstić information content (AvgIpc) is 3.23. The first-order valence-corrected chi connectivity index (χ1v) is 7.48. The minimum absolute atomic E-state index is 0.128. The molecule has 9 heteroatoms. The molecule has 2 aromatic heterocycles. The number of aryl methyl sites for hydroxylation is 2. The van der Waals surface area contributed by atoms with Crippen LogP contribution in [0, 0.1) is 0 Å². The second-order valence-corrected chi connectivity index (χ2v) is 5.30. The third-order valence-electron chi connectivity index (χ3n) is 3.44. The molecule has 0 saturated carbocycles. The smallest absolute Gasteiger partial charge is 0.254 e. The molecule has 0 N–H and O–H groups in total. The first-order chi connectivity index (χ1) is 11.6. The molecular formula is C15H17N7O2. The standard InChI is InChI=1S/C15H17N7O2/c1-4-13-16-12(19-24-13)9-21(2)15(23)11-7-5-10(6-8-11)14-17-20-22(3)18-14/h5-8H,4,9H2,1-3H3. The molecule has 2 heterocycles. The number of benzene rings is 1. The van der Waals surface area contributed by atoms with Crippen LogP contribution < -0.4 is 0 Å². The lowest BCUT2D eigenvalue weighted by Gasteiger charge is -2.15. The summed E-state index contributed by atoms with van der Waals surface area (Å²) in [5.41, 5.74) is 1.36. The number of hydrogen-bond acceptors (Lipinski definition) is 7. The summed E-state index contributed by atoms with van der Waals surface area (Å²) >= 11 is 0. The number of hydrogen-bond donors (Lipinski definition) is 0. The van der Waals surface area contributed by atoms with Gasteiger partial charge >= 0.3 is 0 Å². The Labute approximate surface area is 138 Å². The molecule has 0 aliphatic carbocycles. The molecule has 0 radical (unpaired) electrons. The van der Waals surface area contributed by atoms with Crippen LogP contribution in [-0.2, 0) is 20.0 Å². The summed E-state index contributed by atoms with van der Waals surface area (Å²) in [6.45, 7) is 2.22. The summed E-state index contributed by atoms with van der Waals surface area (Å²) < 4.78 is 5.05. The molecule has 9 nitrogen and oxygen atoms in total. The van der Waals surface area contributed by atoms with Crippen molar-refractivity contribution in [1.29, 1.82) is 0 Å². The van der Waals surface area contributed by atoms with Crippen molar-refractivity contribution in [3.8, 4) is 11.4 Å². The predicted octanol–water partition coefficient (Wildman–Crippen LogP) is 1.09. The van der Waals surface area contributed by atoms with E-state index in [1.54, 1.807) is 43.3 Å². The number of amides is 1. The Balaban J connectivity index is 1.69. The van der Waals surface area contributed by atoms with Gasteiger partial charge in [-0.25, -0.2) is 0 Å². The van der Waals surface area contributed by atoms with Gasteiger partial charge in [0.2, 0.25) is 11.7 Å². The fourth-order valence-corrected chi connectivity index (χ4v) is 2.16. The fourth-order valence-electron chi connectivity index (χ4n) is 2.16. The molecule has 0 bridgehead atoms. The zero-order valence-electron chi connectivity index (χ0n) is 13.7. The van der Waals surface area contributed by atoms with Crippen LogP contribution in [-0.4, -0.2) is 48.2 Å². The molecule has 1 amide bonds. The largest absolute Gasteiger partial charge is 0.339 e. The van der Waals surface area contributed by atoms with E-state index < -0.39 is 0 Å². The van der Waals surface area contributed by atoms with Gasteiger partial charge in [-0.2, -0.15) is 9.78 Å². The maximum Gasteiger partial charge on any atom is 0.254 e. The van der Waals surface area contributed by atoms with Gasteiger partial charge in [0.05, 0.1) is 13.6 Å². The molecule has 0 fully saturated rings. The monoisotopic (exact) mass is 327 g/mol. The topological polar surface area (TPSA) is 103 Å². The summed E-state index contributed by atoms with van der Waals surface area (Å²) in [5, 5.41) is 15.7. The van der Waals surface area contributed by atoms with Gasteiger partial charge in [-0.05, 0) is 17.3 Å². The highest BCUT2D eigenvalue weighted by Gasteiger charge is 2.15. The Morgan fingerprint density at radius 1 is 1.29 bits per heavy atom. The van der Waals surface area contributed by atoms with E-state index in [0.717, 1.165) is 5.56 Å². The summed E-state index contributed by atoms with van der Waals surface area (Å²) in [4.78, 5) is 19.6. The van der Waals surface area contributed by atoms with E-state index >= 15 is 0 Å². The summed E-state index contributed by atoms with van der Waals surface area (Å²) in [7, 11) is 3.40. The lowest BCUT2D eigenvalue weighted by Crippen LogP contribution is -2.26. The van der Waals surface area contributed by atoms with Gasteiger partial charge in [0.25, 0.3) is 5.91 Å². The normalized spacial score (nSPS) is 10.8. The quantitative estimate of drug-likeness (QED) is 0.691. The molecule has 0 unspecified atom stereocenters. The zero-order chi connectivity index (χ0) is 17.1. The predicted molar refractivity (Wildman–Crippen MR) is 83.7 cm³/mol. The van der Waals surface area contributed by atoms with Crippen molar-refractivity contribution in [2.45, 2.75) is 19.9 Å². The first-order valence-electron chi connectivity index (χ1n) is 7.48. The Bertz CT molecular complexity index is 838. The van der Waals surface area contributed by atoms with Crippen molar-refractivity contribution in [2.24, 2.45) is 7.05 Å². The van der Waals surface area contributed by atoms with Gasteiger partial charge in [0.15, 0.2) is 5.82 Å².